The van der Waals surface area contributed by atoms with E-state index in [1.807, 2.05) is 11.0 Å². The van der Waals surface area contributed by atoms with E-state index in [9.17, 15) is 14.4 Å². The first kappa shape index (κ1) is 17.5. The van der Waals surface area contributed by atoms with E-state index in [-0.39, 0.29) is 29.7 Å². The van der Waals surface area contributed by atoms with E-state index in [1.54, 1.807) is 27.7 Å². The molecular formula is C18H25N3O4. The summed E-state index contributed by atoms with van der Waals surface area (Å²) in [5.74, 6) is -0.618. The van der Waals surface area contributed by atoms with Gasteiger partial charge < -0.3 is 15.0 Å². The van der Waals surface area contributed by atoms with Gasteiger partial charge in [-0.2, -0.15) is 0 Å². The Morgan fingerprint density at radius 3 is 2.72 bits per heavy atom. The van der Waals surface area contributed by atoms with Crippen LogP contribution < -0.4 is 15.8 Å². The second-order valence-electron chi connectivity index (χ2n) is 7.72. The Morgan fingerprint density at radius 1 is 1.32 bits per heavy atom. The third kappa shape index (κ3) is 3.41. The van der Waals surface area contributed by atoms with Crippen molar-refractivity contribution in [3.8, 4) is 0 Å². The van der Waals surface area contributed by atoms with Crippen molar-refractivity contribution in [2.75, 3.05) is 16.8 Å². The maximum atomic E-state index is 12.9. The monoisotopic (exact) mass is 347 g/mol. The molecule has 7 nitrogen and oxygen atoms in total. The van der Waals surface area contributed by atoms with Crippen LogP contribution in [-0.2, 0) is 20.9 Å². The summed E-state index contributed by atoms with van der Waals surface area (Å²) >= 11 is 0. The van der Waals surface area contributed by atoms with Crippen molar-refractivity contribution in [1.82, 2.24) is 4.57 Å². The number of aryl methyl sites for hydroxylation is 1. The van der Waals surface area contributed by atoms with Crippen molar-refractivity contribution >= 4 is 23.3 Å². The standard InChI is InChI=1S/C18H25N3O4/c1-11-9-13-15(19-16(23)12-7-5-6-8-20(12)13)17(24)21(11)10-14(22)25-18(2,3)4/h9,12H,5-8,10H2,1-4H3,(H,19,23). The first-order valence-electron chi connectivity index (χ1n) is 8.71. The quantitative estimate of drug-likeness (QED) is 0.825. The van der Waals surface area contributed by atoms with E-state index in [2.05, 4.69) is 5.32 Å². The van der Waals surface area contributed by atoms with Crippen molar-refractivity contribution in [2.45, 2.75) is 65.1 Å². The molecule has 2 aliphatic heterocycles. The van der Waals surface area contributed by atoms with Crippen molar-refractivity contribution < 1.29 is 14.3 Å². The molecule has 7 heteroatoms. The number of hydrogen-bond acceptors (Lipinski definition) is 5. The molecule has 0 radical (unpaired) electrons. The Labute approximate surface area is 147 Å². The van der Waals surface area contributed by atoms with Crippen LogP contribution in [0.25, 0.3) is 0 Å². The van der Waals surface area contributed by atoms with Crippen LogP contribution in [0.2, 0.25) is 0 Å². The predicted octanol–water partition coefficient (Wildman–Crippen LogP) is 1.81. The number of anilines is 2. The molecule has 3 rings (SSSR count). The van der Waals surface area contributed by atoms with Gasteiger partial charge in [0.15, 0.2) is 0 Å². The third-order valence-corrected chi connectivity index (χ3v) is 4.56. The lowest BCUT2D eigenvalue weighted by molar-refractivity contribution is -0.155. The summed E-state index contributed by atoms with van der Waals surface area (Å²) in [6, 6.07) is 1.67. The molecule has 0 bridgehead atoms. The fourth-order valence-corrected chi connectivity index (χ4v) is 3.50. The fraction of sp³-hybridized carbons (Fsp3) is 0.611. The summed E-state index contributed by atoms with van der Waals surface area (Å²) < 4.78 is 6.66. The van der Waals surface area contributed by atoms with Gasteiger partial charge in [-0.15, -0.1) is 0 Å². The molecule has 0 spiro atoms. The van der Waals surface area contributed by atoms with Gasteiger partial charge in [-0.25, -0.2) is 0 Å². The number of aromatic nitrogens is 1. The Bertz CT molecular complexity index is 776. The summed E-state index contributed by atoms with van der Waals surface area (Å²) in [5.41, 5.74) is 0.718. The lowest BCUT2D eigenvalue weighted by Crippen LogP contribution is -2.52. The molecule has 0 saturated carbocycles. The molecule has 3 heterocycles. The maximum Gasteiger partial charge on any atom is 0.326 e. The second-order valence-corrected chi connectivity index (χ2v) is 7.72. The van der Waals surface area contributed by atoms with E-state index in [0.29, 0.717) is 5.69 Å². The molecule has 1 saturated heterocycles. The number of carbonyl (C=O) groups is 2. The lowest BCUT2D eigenvalue weighted by atomic mass is 9.97. The maximum absolute atomic E-state index is 12.9. The zero-order valence-electron chi connectivity index (χ0n) is 15.2. The van der Waals surface area contributed by atoms with Gasteiger partial charge in [0.25, 0.3) is 5.56 Å². The largest absolute Gasteiger partial charge is 0.459 e. The number of pyridine rings is 1. The fourth-order valence-electron chi connectivity index (χ4n) is 3.50. The van der Waals surface area contributed by atoms with Crippen molar-refractivity contribution in [2.24, 2.45) is 0 Å². The van der Waals surface area contributed by atoms with Crippen molar-refractivity contribution in [3.63, 3.8) is 0 Å². The molecule has 136 valence electrons. The van der Waals surface area contributed by atoms with Crippen LogP contribution in [-0.4, -0.2) is 34.6 Å². The molecule has 1 N–H and O–H groups in total. The summed E-state index contributed by atoms with van der Waals surface area (Å²) in [6.07, 6.45) is 2.81. The van der Waals surface area contributed by atoms with Gasteiger partial charge in [0.05, 0.1) is 5.69 Å². The van der Waals surface area contributed by atoms with Crippen LogP contribution in [0.1, 0.15) is 45.7 Å². The third-order valence-electron chi connectivity index (χ3n) is 4.56. The number of amides is 1. The minimum absolute atomic E-state index is 0.142. The SMILES string of the molecule is Cc1cc2c(c(=O)n1CC(=O)OC(C)(C)C)NC(=O)C1CCCCN21. The van der Waals surface area contributed by atoms with Gasteiger partial charge in [-0.1, -0.05) is 0 Å². The first-order valence-corrected chi connectivity index (χ1v) is 8.71. The number of piperidine rings is 1. The van der Waals surface area contributed by atoms with Crippen LogP contribution in [0.5, 0.6) is 0 Å². The summed E-state index contributed by atoms with van der Waals surface area (Å²) in [6.45, 7) is 7.73. The number of ether oxygens (including phenoxy) is 1. The lowest BCUT2D eigenvalue weighted by Gasteiger charge is -2.41. The predicted molar refractivity (Wildman–Crippen MR) is 94.9 cm³/mol. The highest BCUT2D eigenvalue weighted by Crippen LogP contribution is 2.34. The van der Waals surface area contributed by atoms with Crippen molar-refractivity contribution in [3.05, 3.63) is 22.1 Å². The Morgan fingerprint density at radius 2 is 2.04 bits per heavy atom. The van der Waals surface area contributed by atoms with E-state index in [1.165, 1.54) is 4.57 Å². The molecule has 1 aromatic rings. The average Bonchev–Trinajstić information content (AvgIpc) is 2.51. The molecule has 2 aliphatic rings. The Hall–Kier alpha value is -2.31. The highest BCUT2D eigenvalue weighted by Gasteiger charge is 2.36. The van der Waals surface area contributed by atoms with Gasteiger partial charge in [-0.05, 0) is 53.0 Å². The highest BCUT2D eigenvalue weighted by molar-refractivity contribution is 6.03. The first-order chi connectivity index (χ1) is 11.7. The molecule has 1 unspecified atom stereocenters. The normalized spacial score (nSPS) is 19.8. The van der Waals surface area contributed by atoms with Crippen LogP contribution in [0.15, 0.2) is 10.9 Å². The molecule has 1 fully saturated rings. The van der Waals surface area contributed by atoms with Crippen LogP contribution in [0.4, 0.5) is 11.4 Å². The summed E-state index contributed by atoms with van der Waals surface area (Å²) in [5, 5.41) is 2.75. The van der Waals surface area contributed by atoms with E-state index < -0.39 is 11.6 Å². The zero-order chi connectivity index (χ0) is 18.4. The number of nitrogens with zero attached hydrogens (tertiary/aromatic N) is 2. The highest BCUT2D eigenvalue weighted by atomic mass is 16.6. The Balaban J connectivity index is 1.96. The number of nitrogens with one attached hydrogen (secondary N) is 1. The molecule has 0 aromatic carbocycles. The van der Waals surface area contributed by atoms with Crippen LogP contribution in [0.3, 0.4) is 0 Å². The van der Waals surface area contributed by atoms with Crippen molar-refractivity contribution in [1.29, 1.82) is 0 Å². The van der Waals surface area contributed by atoms with E-state index in [4.69, 9.17) is 4.74 Å². The molecule has 1 aromatic heterocycles. The van der Waals surface area contributed by atoms with Crippen LogP contribution >= 0.6 is 0 Å². The Kier molecular flexibility index (Phi) is 4.34. The van der Waals surface area contributed by atoms with Crippen LogP contribution in [0, 0.1) is 6.92 Å². The molecule has 25 heavy (non-hydrogen) atoms. The van der Waals surface area contributed by atoms with Gasteiger partial charge in [-0.3, -0.25) is 19.0 Å². The van der Waals surface area contributed by atoms with E-state index in [0.717, 1.165) is 31.5 Å². The molecular weight excluding hydrogens is 322 g/mol. The molecule has 1 amide bonds. The van der Waals surface area contributed by atoms with E-state index >= 15 is 0 Å². The number of hydrogen-bond donors (Lipinski definition) is 1. The average molecular weight is 347 g/mol. The number of esters is 1. The molecule has 1 atom stereocenters. The zero-order valence-corrected chi connectivity index (χ0v) is 15.2. The topological polar surface area (TPSA) is 80.6 Å². The van der Waals surface area contributed by atoms with Gasteiger partial charge >= 0.3 is 5.97 Å². The minimum Gasteiger partial charge on any atom is -0.459 e. The number of rotatable bonds is 2. The molecule has 0 aliphatic carbocycles. The number of fused-ring (bicyclic) bond motifs is 3. The minimum atomic E-state index is -0.613. The summed E-state index contributed by atoms with van der Waals surface area (Å²) in [7, 11) is 0. The smallest absolute Gasteiger partial charge is 0.326 e. The van der Waals surface area contributed by atoms with Gasteiger partial charge in [0.1, 0.15) is 23.9 Å². The van der Waals surface area contributed by atoms with Gasteiger partial charge in [0.2, 0.25) is 5.91 Å². The number of carbonyl (C=O) groups excluding carboxylic acids is 2. The summed E-state index contributed by atoms with van der Waals surface area (Å²) in [4.78, 5) is 39.4. The van der Waals surface area contributed by atoms with Gasteiger partial charge in [0, 0.05) is 12.2 Å². The second kappa shape index (κ2) is 6.20.